The van der Waals surface area contributed by atoms with Gasteiger partial charge in [0, 0.05) is 16.1 Å². The SMILES string of the molecule is CCC(C)Nc1cc(-c2cccc(F)c2)cc(-c2cc(Br)ccc2O)n1. The van der Waals surface area contributed by atoms with Crippen LogP contribution in [0.3, 0.4) is 0 Å². The monoisotopic (exact) mass is 414 g/mol. The number of aromatic hydroxyl groups is 1. The Morgan fingerprint density at radius 3 is 2.65 bits per heavy atom. The van der Waals surface area contributed by atoms with Gasteiger partial charge in [-0.1, -0.05) is 35.0 Å². The molecule has 0 radical (unpaired) electrons. The van der Waals surface area contributed by atoms with Crippen LogP contribution in [-0.4, -0.2) is 16.1 Å². The molecule has 1 aromatic heterocycles. The first-order valence-corrected chi connectivity index (χ1v) is 9.29. The Kier molecular flexibility index (Phi) is 5.57. The van der Waals surface area contributed by atoms with Crippen molar-refractivity contribution in [2.24, 2.45) is 0 Å². The molecule has 3 rings (SSSR count). The number of hydrogen-bond acceptors (Lipinski definition) is 3. The molecule has 1 heterocycles. The molecule has 3 aromatic rings. The Labute approximate surface area is 161 Å². The van der Waals surface area contributed by atoms with Crippen molar-refractivity contribution in [3.05, 3.63) is 64.9 Å². The van der Waals surface area contributed by atoms with Crippen LogP contribution in [-0.2, 0) is 0 Å². The zero-order valence-electron chi connectivity index (χ0n) is 14.6. The van der Waals surface area contributed by atoms with E-state index in [0.29, 0.717) is 17.1 Å². The highest BCUT2D eigenvalue weighted by molar-refractivity contribution is 9.10. The molecule has 3 nitrogen and oxygen atoms in total. The summed E-state index contributed by atoms with van der Waals surface area (Å²) in [5, 5.41) is 13.6. The quantitative estimate of drug-likeness (QED) is 0.519. The Morgan fingerprint density at radius 1 is 1.12 bits per heavy atom. The number of halogens is 2. The van der Waals surface area contributed by atoms with Gasteiger partial charge in [-0.2, -0.15) is 0 Å². The van der Waals surface area contributed by atoms with Gasteiger partial charge in [-0.3, -0.25) is 0 Å². The molecule has 2 aromatic carbocycles. The first kappa shape index (κ1) is 18.4. The molecule has 0 saturated heterocycles. The fraction of sp³-hybridized carbons (Fsp3) is 0.190. The average Bonchev–Trinajstić information content (AvgIpc) is 2.63. The molecule has 0 saturated carbocycles. The zero-order valence-corrected chi connectivity index (χ0v) is 16.2. The Balaban J connectivity index is 2.15. The fourth-order valence-corrected chi connectivity index (χ4v) is 3.01. The molecule has 2 N–H and O–H groups in total. The number of nitrogens with zero attached hydrogens (tertiary/aromatic N) is 1. The van der Waals surface area contributed by atoms with Crippen LogP contribution >= 0.6 is 15.9 Å². The summed E-state index contributed by atoms with van der Waals surface area (Å²) in [5.74, 6) is 0.546. The van der Waals surface area contributed by atoms with Crippen LogP contribution in [0.5, 0.6) is 5.75 Å². The molecule has 0 aliphatic carbocycles. The number of phenols is 1. The summed E-state index contributed by atoms with van der Waals surface area (Å²) in [5.41, 5.74) is 2.83. The second kappa shape index (κ2) is 7.87. The van der Waals surface area contributed by atoms with Crippen molar-refractivity contribution in [3.8, 4) is 28.1 Å². The highest BCUT2D eigenvalue weighted by Gasteiger charge is 2.12. The smallest absolute Gasteiger partial charge is 0.127 e. The Morgan fingerprint density at radius 2 is 1.92 bits per heavy atom. The lowest BCUT2D eigenvalue weighted by Gasteiger charge is -2.16. The highest BCUT2D eigenvalue weighted by Crippen LogP contribution is 2.34. The van der Waals surface area contributed by atoms with Crippen LogP contribution in [0.25, 0.3) is 22.4 Å². The van der Waals surface area contributed by atoms with Crippen molar-refractivity contribution in [2.75, 3.05) is 5.32 Å². The average molecular weight is 415 g/mol. The number of benzene rings is 2. The molecular formula is C21H20BrFN2O. The summed E-state index contributed by atoms with van der Waals surface area (Å²) >= 11 is 3.43. The van der Waals surface area contributed by atoms with Gasteiger partial charge >= 0.3 is 0 Å². The number of rotatable bonds is 5. The van der Waals surface area contributed by atoms with E-state index < -0.39 is 0 Å². The summed E-state index contributed by atoms with van der Waals surface area (Å²) in [6.45, 7) is 4.17. The second-order valence-corrected chi connectivity index (χ2v) is 7.17. The van der Waals surface area contributed by atoms with Crippen molar-refractivity contribution in [1.29, 1.82) is 0 Å². The molecule has 0 fully saturated rings. The van der Waals surface area contributed by atoms with Gasteiger partial charge < -0.3 is 10.4 Å². The molecule has 1 unspecified atom stereocenters. The predicted octanol–water partition coefficient (Wildman–Crippen LogP) is 6.23. The zero-order chi connectivity index (χ0) is 18.7. The molecule has 0 aliphatic heterocycles. The fourth-order valence-electron chi connectivity index (χ4n) is 2.65. The van der Waals surface area contributed by atoms with Crippen LogP contribution in [0.15, 0.2) is 59.1 Å². The van der Waals surface area contributed by atoms with E-state index in [4.69, 9.17) is 0 Å². The molecule has 0 spiro atoms. The van der Waals surface area contributed by atoms with Gasteiger partial charge in [0.25, 0.3) is 0 Å². The van der Waals surface area contributed by atoms with E-state index in [2.05, 4.69) is 40.1 Å². The standard InChI is InChI=1S/C21H20BrFN2O/c1-3-13(2)24-21-11-15(14-5-4-6-17(23)9-14)10-19(25-21)18-12-16(22)7-8-20(18)26/h4-13,26H,3H2,1-2H3,(H,24,25). The molecule has 0 bridgehead atoms. The predicted molar refractivity (Wildman–Crippen MR) is 108 cm³/mol. The maximum atomic E-state index is 13.7. The molecule has 134 valence electrons. The summed E-state index contributed by atoms with van der Waals surface area (Å²) in [4.78, 5) is 4.66. The van der Waals surface area contributed by atoms with Gasteiger partial charge in [-0.15, -0.1) is 0 Å². The maximum Gasteiger partial charge on any atom is 0.127 e. The minimum Gasteiger partial charge on any atom is -0.507 e. The number of anilines is 1. The van der Waals surface area contributed by atoms with Gasteiger partial charge in [0.1, 0.15) is 17.4 Å². The third-order valence-corrected chi connectivity index (χ3v) is 4.72. The van der Waals surface area contributed by atoms with E-state index in [-0.39, 0.29) is 17.6 Å². The first-order valence-electron chi connectivity index (χ1n) is 8.49. The summed E-state index contributed by atoms with van der Waals surface area (Å²) in [7, 11) is 0. The molecule has 0 amide bonds. The van der Waals surface area contributed by atoms with Crippen LogP contribution < -0.4 is 5.32 Å². The van der Waals surface area contributed by atoms with Gasteiger partial charge in [0.2, 0.25) is 0 Å². The van der Waals surface area contributed by atoms with Gasteiger partial charge in [-0.25, -0.2) is 9.37 Å². The van der Waals surface area contributed by atoms with Gasteiger partial charge in [0.15, 0.2) is 0 Å². The van der Waals surface area contributed by atoms with Crippen LogP contribution in [0.4, 0.5) is 10.2 Å². The van der Waals surface area contributed by atoms with E-state index in [0.717, 1.165) is 22.0 Å². The summed E-state index contributed by atoms with van der Waals surface area (Å²) in [6.07, 6.45) is 0.948. The molecule has 0 aliphatic rings. The van der Waals surface area contributed by atoms with Crippen LogP contribution in [0.2, 0.25) is 0 Å². The molecule has 1 atom stereocenters. The number of nitrogens with one attached hydrogen (secondary N) is 1. The van der Waals surface area contributed by atoms with Crippen LogP contribution in [0.1, 0.15) is 20.3 Å². The normalized spacial score (nSPS) is 12.0. The maximum absolute atomic E-state index is 13.7. The van der Waals surface area contributed by atoms with Crippen molar-refractivity contribution < 1.29 is 9.50 Å². The molecule has 26 heavy (non-hydrogen) atoms. The number of aromatic nitrogens is 1. The Hall–Kier alpha value is -2.40. The van der Waals surface area contributed by atoms with Gasteiger partial charge in [0.05, 0.1) is 5.69 Å². The number of phenolic OH excluding ortho intramolecular Hbond substituents is 1. The van der Waals surface area contributed by atoms with Crippen molar-refractivity contribution in [3.63, 3.8) is 0 Å². The lowest BCUT2D eigenvalue weighted by molar-refractivity contribution is 0.477. The van der Waals surface area contributed by atoms with Crippen molar-refractivity contribution in [1.82, 2.24) is 4.98 Å². The van der Waals surface area contributed by atoms with Crippen molar-refractivity contribution >= 4 is 21.7 Å². The van der Waals surface area contributed by atoms with E-state index in [1.54, 1.807) is 18.2 Å². The molecular weight excluding hydrogens is 395 g/mol. The largest absolute Gasteiger partial charge is 0.507 e. The number of pyridine rings is 1. The highest BCUT2D eigenvalue weighted by atomic mass is 79.9. The van der Waals surface area contributed by atoms with E-state index in [1.165, 1.54) is 12.1 Å². The van der Waals surface area contributed by atoms with E-state index in [1.807, 2.05) is 24.3 Å². The van der Waals surface area contributed by atoms with Crippen LogP contribution in [0, 0.1) is 5.82 Å². The summed E-state index contributed by atoms with van der Waals surface area (Å²) in [6, 6.07) is 15.7. The minimum absolute atomic E-state index is 0.145. The lowest BCUT2D eigenvalue weighted by Crippen LogP contribution is -2.14. The van der Waals surface area contributed by atoms with E-state index in [9.17, 15) is 9.50 Å². The third kappa shape index (κ3) is 4.22. The first-order chi connectivity index (χ1) is 12.5. The minimum atomic E-state index is -0.289. The lowest BCUT2D eigenvalue weighted by atomic mass is 10.0. The van der Waals surface area contributed by atoms with E-state index >= 15 is 0 Å². The third-order valence-electron chi connectivity index (χ3n) is 4.22. The second-order valence-electron chi connectivity index (χ2n) is 6.25. The Bertz CT molecular complexity index is 930. The van der Waals surface area contributed by atoms with Gasteiger partial charge in [-0.05, 0) is 66.9 Å². The topological polar surface area (TPSA) is 45.1 Å². The van der Waals surface area contributed by atoms with Crippen molar-refractivity contribution in [2.45, 2.75) is 26.3 Å². The summed E-state index contributed by atoms with van der Waals surface area (Å²) < 4.78 is 14.5. The molecule has 5 heteroatoms. The number of hydrogen-bond donors (Lipinski definition) is 2.